The van der Waals surface area contributed by atoms with Gasteiger partial charge in [0.05, 0.1) is 25.8 Å². The van der Waals surface area contributed by atoms with Crippen molar-refractivity contribution in [2.75, 3.05) is 24.6 Å². The van der Waals surface area contributed by atoms with E-state index in [2.05, 4.69) is 5.32 Å². The van der Waals surface area contributed by atoms with Gasteiger partial charge in [-0.2, -0.15) is 0 Å². The number of β-amino-alcohol motifs (C(OH)–C–C–N with tert-alkyl or cyclic N) is 1. The molecule has 0 saturated heterocycles. The van der Waals surface area contributed by atoms with Crippen LogP contribution in [-0.4, -0.2) is 41.9 Å². The molecular weight excluding hydrogens is 220 g/mol. The van der Waals surface area contributed by atoms with Crippen LogP contribution >= 0.6 is 0 Å². The standard InChI is InChI=1S/C12H16N2O3/c15-8-10(16)7-14-11-4-2-1-3-9(11)5-13-6-12(14)17/h1-4,10,13,15-16H,5-8H2. The third kappa shape index (κ3) is 2.63. The molecular formula is C12H16N2O3. The summed E-state index contributed by atoms with van der Waals surface area (Å²) in [5, 5.41) is 21.4. The molecule has 1 heterocycles. The van der Waals surface area contributed by atoms with E-state index >= 15 is 0 Å². The van der Waals surface area contributed by atoms with E-state index < -0.39 is 6.10 Å². The minimum Gasteiger partial charge on any atom is -0.394 e. The summed E-state index contributed by atoms with van der Waals surface area (Å²) in [4.78, 5) is 13.4. The number of nitrogens with zero attached hydrogens (tertiary/aromatic N) is 1. The zero-order valence-corrected chi connectivity index (χ0v) is 9.47. The second-order valence-corrected chi connectivity index (χ2v) is 4.07. The predicted molar refractivity (Wildman–Crippen MR) is 63.6 cm³/mol. The Morgan fingerprint density at radius 1 is 1.35 bits per heavy atom. The van der Waals surface area contributed by atoms with Crippen molar-refractivity contribution < 1.29 is 15.0 Å². The van der Waals surface area contributed by atoms with Gasteiger partial charge in [0, 0.05) is 12.2 Å². The quantitative estimate of drug-likeness (QED) is 0.660. The van der Waals surface area contributed by atoms with E-state index in [1.165, 1.54) is 4.90 Å². The lowest BCUT2D eigenvalue weighted by Crippen LogP contribution is -2.41. The zero-order valence-electron chi connectivity index (χ0n) is 9.47. The van der Waals surface area contributed by atoms with Crippen molar-refractivity contribution in [3.05, 3.63) is 29.8 Å². The maximum Gasteiger partial charge on any atom is 0.241 e. The number of carbonyl (C=O) groups excluding carboxylic acids is 1. The highest BCUT2D eigenvalue weighted by molar-refractivity contribution is 5.96. The van der Waals surface area contributed by atoms with Crippen molar-refractivity contribution in [3.63, 3.8) is 0 Å². The maximum atomic E-state index is 11.9. The zero-order chi connectivity index (χ0) is 12.3. The van der Waals surface area contributed by atoms with Gasteiger partial charge in [-0.3, -0.25) is 4.79 Å². The monoisotopic (exact) mass is 236 g/mol. The van der Waals surface area contributed by atoms with Crippen molar-refractivity contribution in [3.8, 4) is 0 Å². The number of aliphatic hydroxyl groups is 2. The second kappa shape index (κ2) is 5.27. The molecule has 0 aromatic heterocycles. The topological polar surface area (TPSA) is 72.8 Å². The number of para-hydroxylation sites is 1. The SMILES string of the molecule is O=C1CNCc2ccccc2N1CC(O)CO. The first-order chi connectivity index (χ1) is 8.22. The van der Waals surface area contributed by atoms with Gasteiger partial charge in [0.2, 0.25) is 5.91 Å². The average Bonchev–Trinajstić information content (AvgIpc) is 2.50. The van der Waals surface area contributed by atoms with Crippen LogP contribution in [0.15, 0.2) is 24.3 Å². The number of anilines is 1. The van der Waals surface area contributed by atoms with Crippen LogP contribution in [-0.2, 0) is 11.3 Å². The van der Waals surface area contributed by atoms with Crippen LogP contribution < -0.4 is 10.2 Å². The normalized spacial score (nSPS) is 17.5. The summed E-state index contributed by atoms with van der Waals surface area (Å²) in [6.45, 7) is 0.647. The third-order valence-electron chi connectivity index (χ3n) is 2.78. The third-order valence-corrected chi connectivity index (χ3v) is 2.78. The van der Waals surface area contributed by atoms with E-state index in [1.807, 2.05) is 24.3 Å². The molecule has 0 spiro atoms. The molecule has 1 aromatic carbocycles. The van der Waals surface area contributed by atoms with Crippen LogP contribution in [0.25, 0.3) is 0 Å². The molecule has 5 nitrogen and oxygen atoms in total. The summed E-state index contributed by atoms with van der Waals surface area (Å²) in [7, 11) is 0. The Labute approximate surface area is 99.7 Å². The molecule has 92 valence electrons. The molecule has 1 unspecified atom stereocenters. The molecule has 1 aliphatic heterocycles. The van der Waals surface area contributed by atoms with Crippen LogP contribution in [0.2, 0.25) is 0 Å². The largest absolute Gasteiger partial charge is 0.394 e. The molecule has 0 aliphatic carbocycles. The highest BCUT2D eigenvalue weighted by Gasteiger charge is 2.23. The molecule has 1 aliphatic rings. The fourth-order valence-corrected chi connectivity index (χ4v) is 1.93. The Balaban J connectivity index is 2.30. The summed E-state index contributed by atoms with van der Waals surface area (Å²) in [6, 6.07) is 7.57. The highest BCUT2D eigenvalue weighted by Crippen LogP contribution is 2.22. The number of fused-ring (bicyclic) bond motifs is 1. The molecule has 0 fully saturated rings. The van der Waals surface area contributed by atoms with E-state index in [4.69, 9.17) is 5.11 Å². The van der Waals surface area contributed by atoms with Gasteiger partial charge in [-0.15, -0.1) is 0 Å². The van der Waals surface area contributed by atoms with E-state index in [-0.39, 0.29) is 25.6 Å². The number of aliphatic hydroxyl groups excluding tert-OH is 2. The number of benzene rings is 1. The second-order valence-electron chi connectivity index (χ2n) is 4.07. The molecule has 0 radical (unpaired) electrons. The molecule has 1 amide bonds. The lowest BCUT2D eigenvalue weighted by atomic mass is 10.1. The van der Waals surface area contributed by atoms with Crippen molar-refractivity contribution in [2.24, 2.45) is 0 Å². The summed E-state index contributed by atoms with van der Waals surface area (Å²) >= 11 is 0. The number of amides is 1. The summed E-state index contributed by atoms with van der Waals surface area (Å²) in [5.41, 5.74) is 1.82. The molecule has 1 aromatic rings. The van der Waals surface area contributed by atoms with E-state index in [9.17, 15) is 9.90 Å². The molecule has 2 rings (SSSR count). The first-order valence-corrected chi connectivity index (χ1v) is 5.60. The number of hydrogen-bond acceptors (Lipinski definition) is 4. The van der Waals surface area contributed by atoms with Gasteiger partial charge in [-0.1, -0.05) is 18.2 Å². The molecule has 5 heteroatoms. The van der Waals surface area contributed by atoms with Crippen LogP contribution in [0.4, 0.5) is 5.69 Å². The van der Waals surface area contributed by atoms with Crippen LogP contribution in [0, 0.1) is 0 Å². The minimum atomic E-state index is -0.912. The maximum absolute atomic E-state index is 11.9. The van der Waals surface area contributed by atoms with Crippen molar-refractivity contribution in [1.29, 1.82) is 0 Å². The Hall–Kier alpha value is -1.43. The lowest BCUT2D eigenvalue weighted by molar-refractivity contribution is -0.118. The van der Waals surface area contributed by atoms with Gasteiger partial charge in [-0.25, -0.2) is 0 Å². The molecule has 0 saturated carbocycles. The highest BCUT2D eigenvalue weighted by atomic mass is 16.3. The van der Waals surface area contributed by atoms with E-state index in [0.29, 0.717) is 6.54 Å². The number of rotatable bonds is 3. The summed E-state index contributed by atoms with van der Waals surface area (Å²) in [6.07, 6.45) is -0.912. The molecule has 17 heavy (non-hydrogen) atoms. The van der Waals surface area contributed by atoms with Gasteiger partial charge in [0.25, 0.3) is 0 Å². The minimum absolute atomic E-state index is 0.0950. The summed E-state index contributed by atoms with van der Waals surface area (Å²) in [5.74, 6) is -0.0950. The number of carbonyl (C=O) groups is 1. The van der Waals surface area contributed by atoms with Crippen molar-refractivity contribution in [1.82, 2.24) is 5.32 Å². The lowest BCUT2D eigenvalue weighted by Gasteiger charge is -2.24. The predicted octanol–water partition coefficient (Wildman–Crippen LogP) is -0.524. The van der Waals surface area contributed by atoms with Gasteiger partial charge in [0.1, 0.15) is 0 Å². The van der Waals surface area contributed by atoms with Crippen molar-refractivity contribution >= 4 is 11.6 Å². The Morgan fingerprint density at radius 2 is 2.12 bits per heavy atom. The van der Waals surface area contributed by atoms with Crippen molar-refractivity contribution in [2.45, 2.75) is 12.6 Å². The first-order valence-electron chi connectivity index (χ1n) is 5.60. The van der Waals surface area contributed by atoms with Crippen LogP contribution in [0.5, 0.6) is 0 Å². The van der Waals surface area contributed by atoms with Gasteiger partial charge < -0.3 is 20.4 Å². The van der Waals surface area contributed by atoms with Crippen LogP contribution in [0.1, 0.15) is 5.56 Å². The van der Waals surface area contributed by atoms with Gasteiger partial charge in [-0.05, 0) is 11.6 Å². The Bertz CT molecular complexity index is 408. The van der Waals surface area contributed by atoms with Crippen LogP contribution in [0.3, 0.4) is 0 Å². The fourth-order valence-electron chi connectivity index (χ4n) is 1.93. The summed E-state index contributed by atoms with van der Waals surface area (Å²) < 4.78 is 0. The molecule has 1 atom stereocenters. The van der Waals surface area contributed by atoms with Gasteiger partial charge in [0.15, 0.2) is 0 Å². The fraction of sp³-hybridized carbons (Fsp3) is 0.417. The Morgan fingerprint density at radius 3 is 2.88 bits per heavy atom. The van der Waals surface area contributed by atoms with E-state index in [0.717, 1.165) is 11.3 Å². The number of hydrogen-bond donors (Lipinski definition) is 3. The molecule has 0 bridgehead atoms. The molecule has 3 N–H and O–H groups in total. The Kier molecular flexibility index (Phi) is 3.73. The number of nitrogens with one attached hydrogen (secondary N) is 1. The smallest absolute Gasteiger partial charge is 0.241 e. The van der Waals surface area contributed by atoms with Gasteiger partial charge >= 0.3 is 0 Å². The average molecular weight is 236 g/mol. The van der Waals surface area contributed by atoms with E-state index in [1.54, 1.807) is 0 Å². The first kappa shape index (κ1) is 12.0.